The van der Waals surface area contributed by atoms with Gasteiger partial charge < -0.3 is 5.11 Å². The van der Waals surface area contributed by atoms with Crippen LogP contribution in [0.25, 0.3) is 0 Å². The summed E-state index contributed by atoms with van der Waals surface area (Å²) in [5, 5.41) is 8.36. The molecule has 1 aliphatic carbocycles. The monoisotopic (exact) mass is 274 g/mol. The molecule has 0 bridgehead atoms. The van der Waals surface area contributed by atoms with Crippen LogP contribution >= 0.6 is 0 Å². The molecule has 0 heterocycles. The highest BCUT2D eigenvalue weighted by atomic mass is 16.3. The summed E-state index contributed by atoms with van der Waals surface area (Å²) in [5.41, 5.74) is 0. The Morgan fingerprint density at radius 3 is 1.26 bits per heavy atom. The van der Waals surface area contributed by atoms with Crippen LogP contribution in [-0.2, 0) is 0 Å². The molecule has 0 aliphatic heterocycles. The minimum atomic E-state index is -0.116. The summed E-state index contributed by atoms with van der Waals surface area (Å²) < 4.78 is 0. The van der Waals surface area contributed by atoms with Crippen LogP contribution in [0.15, 0.2) is 0 Å². The van der Waals surface area contributed by atoms with E-state index >= 15 is 0 Å². The van der Waals surface area contributed by atoms with Gasteiger partial charge in [0.25, 0.3) is 0 Å². The summed E-state index contributed by atoms with van der Waals surface area (Å²) in [7, 11) is 0. The van der Waals surface area contributed by atoms with E-state index in [9.17, 15) is 0 Å². The van der Waals surface area contributed by atoms with Crippen molar-refractivity contribution in [2.75, 3.05) is 0 Å². The molecule has 120 valence electrons. The van der Waals surface area contributed by atoms with Crippen LogP contribution in [0, 0.1) is 11.8 Å². The Labute approximate surface area is 124 Å². The third kappa shape index (κ3) is 15.9. The lowest BCUT2D eigenvalue weighted by atomic mass is 9.77. The zero-order chi connectivity index (χ0) is 15.7. The average Bonchev–Trinajstić information content (AvgIpc) is 2.51. The van der Waals surface area contributed by atoms with Crippen molar-refractivity contribution in [2.24, 2.45) is 11.8 Å². The first kappa shape index (κ1) is 24.0. The van der Waals surface area contributed by atoms with Crippen LogP contribution in [0.4, 0.5) is 0 Å². The topological polar surface area (TPSA) is 20.2 Å². The SMILES string of the molecule is CC.CC.CCC(C)O.CCC1CCCCC1CC. The number of aliphatic hydroxyl groups excluding tert-OH is 1. The van der Waals surface area contributed by atoms with E-state index in [4.69, 9.17) is 5.11 Å². The molecule has 0 saturated heterocycles. The maximum atomic E-state index is 8.36. The number of aliphatic hydroxyl groups is 1. The Balaban J connectivity index is -0.000000242. The van der Waals surface area contributed by atoms with Crippen molar-refractivity contribution in [2.45, 2.75) is 106 Å². The van der Waals surface area contributed by atoms with Gasteiger partial charge in [-0.05, 0) is 25.2 Å². The second-order valence-corrected chi connectivity index (χ2v) is 4.88. The van der Waals surface area contributed by atoms with Crippen molar-refractivity contribution >= 4 is 0 Å². The first-order chi connectivity index (χ1) is 9.15. The number of rotatable bonds is 3. The summed E-state index contributed by atoms with van der Waals surface area (Å²) in [6, 6.07) is 0. The molecule has 19 heavy (non-hydrogen) atoms. The minimum absolute atomic E-state index is 0.116. The van der Waals surface area contributed by atoms with E-state index in [1.807, 2.05) is 34.6 Å². The van der Waals surface area contributed by atoms with Gasteiger partial charge in [-0.15, -0.1) is 0 Å². The third-order valence-corrected chi connectivity index (χ3v) is 3.71. The summed E-state index contributed by atoms with van der Waals surface area (Å²) in [4.78, 5) is 0. The molecule has 1 heteroatoms. The van der Waals surface area contributed by atoms with Crippen molar-refractivity contribution in [1.82, 2.24) is 0 Å². The van der Waals surface area contributed by atoms with Crippen molar-refractivity contribution in [3.05, 3.63) is 0 Å². The summed E-state index contributed by atoms with van der Waals surface area (Å²) in [5.74, 6) is 2.14. The van der Waals surface area contributed by atoms with E-state index < -0.39 is 0 Å². The molecule has 1 aliphatic rings. The Bertz CT molecular complexity index is 120. The summed E-state index contributed by atoms with van der Waals surface area (Å²) >= 11 is 0. The maximum absolute atomic E-state index is 8.36. The lowest BCUT2D eigenvalue weighted by molar-refractivity contribution is 0.191. The summed E-state index contributed by atoms with van der Waals surface area (Å²) in [6.45, 7) is 16.4. The predicted molar refractivity (Wildman–Crippen MR) is 90.7 cm³/mol. The van der Waals surface area contributed by atoms with Crippen LogP contribution in [0.1, 0.15) is 100 Å². The fourth-order valence-electron chi connectivity index (χ4n) is 2.36. The smallest absolute Gasteiger partial charge is 0.0509 e. The van der Waals surface area contributed by atoms with E-state index in [-0.39, 0.29) is 6.10 Å². The quantitative estimate of drug-likeness (QED) is 0.627. The van der Waals surface area contributed by atoms with Crippen molar-refractivity contribution in [3.8, 4) is 0 Å². The first-order valence-corrected chi connectivity index (χ1v) is 8.83. The van der Waals surface area contributed by atoms with Gasteiger partial charge in [0.15, 0.2) is 0 Å². The Kier molecular flexibility index (Phi) is 25.6. The van der Waals surface area contributed by atoms with Crippen molar-refractivity contribution in [1.29, 1.82) is 0 Å². The molecule has 0 aromatic carbocycles. The fraction of sp³-hybridized carbons (Fsp3) is 1.00. The normalized spacial score (nSPS) is 22.6. The maximum Gasteiger partial charge on any atom is 0.0509 e. The third-order valence-electron chi connectivity index (χ3n) is 3.71. The fourth-order valence-corrected chi connectivity index (χ4v) is 2.36. The van der Waals surface area contributed by atoms with Gasteiger partial charge in [-0.3, -0.25) is 0 Å². The van der Waals surface area contributed by atoms with E-state index in [2.05, 4.69) is 13.8 Å². The molecule has 0 amide bonds. The van der Waals surface area contributed by atoms with Gasteiger partial charge in [0.2, 0.25) is 0 Å². The van der Waals surface area contributed by atoms with Gasteiger partial charge in [0, 0.05) is 0 Å². The predicted octanol–water partition coefficient (Wildman–Crippen LogP) is 6.44. The van der Waals surface area contributed by atoms with Gasteiger partial charge >= 0.3 is 0 Å². The lowest BCUT2D eigenvalue weighted by Gasteiger charge is -2.29. The van der Waals surface area contributed by atoms with E-state index in [1.54, 1.807) is 6.92 Å². The Hall–Kier alpha value is -0.0400. The van der Waals surface area contributed by atoms with Crippen LogP contribution in [0.3, 0.4) is 0 Å². The molecule has 1 nitrogen and oxygen atoms in total. The van der Waals surface area contributed by atoms with Crippen LogP contribution in [0.5, 0.6) is 0 Å². The van der Waals surface area contributed by atoms with E-state index in [0.29, 0.717) is 0 Å². The van der Waals surface area contributed by atoms with Crippen LogP contribution < -0.4 is 0 Å². The molecule has 0 aromatic rings. The van der Waals surface area contributed by atoms with Crippen molar-refractivity contribution in [3.63, 3.8) is 0 Å². The highest BCUT2D eigenvalue weighted by molar-refractivity contribution is 4.72. The highest BCUT2D eigenvalue weighted by Crippen LogP contribution is 2.33. The minimum Gasteiger partial charge on any atom is -0.393 e. The molecule has 0 aromatic heterocycles. The van der Waals surface area contributed by atoms with Gasteiger partial charge in [-0.2, -0.15) is 0 Å². The molecule has 1 fully saturated rings. The molecule has 1 saturated carbocycles. The highest BCUT2D eigenvalue weighted by Gasteiger charge is 2.21. The van der Waals surface area contributed by atoms with Crippen LogP contribution in [0.2, 0.25) is 0 Å². The largest absolute Gasteiger partial charge is 0.393 e. The molecule has 1 rings (SSSR count). The van der Waals surface area contributed by atoms with Gasteiger partial charge in [0.1, 0.15) is 0 Å². The van der Waals surface area contributed by atoms with E-state index in [1.165, 1.54) is 38.5 Å². The molecular weight excluding hydrogens is 232 g/mol. The van der Waals surface area contributed by atoms with Crippen LogP contribution in [-0.4, -0.2) is 11.2 Å². The number of hydrogen-bond donors (Lipinski definition) is 1. The number of hydrogen-bond acceptors (Lipinski definition) is 1. The van der Waals surface area contributed by atoms with Gasteiger partial charge in [0.05, 0.1) is 6.10 Å². The van der Waals surface area contributed by atoms with Gasteiger partial charge in [-0.25, -0.2) is 0 Å². The van der Waals surface area contributed by atoms with E-state index in [0.717, 1.165) is 18.3 Å². The summed E-state index contributed by atoms with van der Waals surface area (Å²) in [6.07, 6.45) is 9.58. The van der Waals surface area contributed by atoms with Gasteiger partial charge in [-0.1, -0.05) is 87.0 Å². The lowest BCUT2D eigenvalue weighted by Crippen LogP contribution is -2.17. The molecule has 0 spiro atoms. The molecule has 0 radical (unpaired) electrons. The zero-order valence-electron chi connectivity index (χ0n) is 15.1. The first-order valence-electron chi connectivity index (χ1n) is 8.83. The Morgan fingerprint density at radius 1 is 0.842 bits per heavy atom. The average molecular weight is 275 g/mol. The molecule has 3 unspecified atom stereocenters. The zero-order valence-corrected chi connectivity index (χ0v) is 15.1. The molecular formula is C18H42O. The Morgan fingerprint density at radius 2 is 1.11 bits per heavy atom. The second-order valence-electron chi connectivity index (χ2n) is 4.88. The second kappa shape index (κ2) is 20.3. The molecule has 1 N–H and O–H groups in total. The molecule has 3 atom stereocenters. The van der Waals surface area contributed by atoms with Crippen molar-refractivity contribution < 1.29 is 5.11 Å². The standard InChI is InChI=1S/C10H20.C4H10O.2C2H6/c1-3-9-7-5-6-8-10(9)4-2;1-3-4(2)5;2*1-2/h9-10H,3-8H2,1-2H3;4-5H,3H2,1-2H3;2*1-2H3.